The molecule has 0 bridgehead atoms. The van der Waals surface area contributed by atoms with Crippen molar-refractivity contribution in [2.75, 3.05) is 0 Å². The number of fused-ring (bicyclic) bond motifs is 1. The van der Waals surface area contributed by atoms with Crippen LogP contribution in [0, 0.1) is 0 Å². The maximum absolute atomic E-state index is 4.27. The fourth-order valence-corrected chi connectivity index (χ4v) is 2.22. The van der Waals surface area contributed by atoms with Gasteiger partial charge in [-0.1, -0.05) is 30.3 Å². The van der Waals surface area contributed by atoms with Crippen LogP contribution in [0.25, 0.3) is 11.3 Å². The molecule has 0 amide bonds. The van der Waals surface area contributed by atoms with Crippen LogP contribution >= 0.6 is 0 Å². The van der Waals surface area contributed by atoms with Gasteiger partial charge in [0.05, 0.1) is 11.9 Å². The van der Waals surface area contributed by atoms with Gasteiger partial charge in [-0.3, -0.25) is 0 Å². The van der Waals surface area contributed by atoms with Crippen LogP contribution in [0.2, 0.25) is 0 Å². The van der Waals surface area contributed by atoms with Gasteiger partial charge in [0, 0.05) is 5.56 Å². The third-order valence-electron chi connectivity index (χ3n) is 2.96. The lowest BCUT2D eigenvalue weighted by molar-refractivity contribution is 0.911. The zero-order valence-electron chi connectivity index (χ0n) is 8.48. The van der Waals surface area contributed by atoms with Crippen molar-refractivity contribution in [2.24, 2.45) is 0 Å². The number of hydrogen-bond donors (Lipinski definition) is 0. The molecular weight excluding hydrogens is 184 g/mol. The van der Waals surface area contributed by atoms with Gasteiger partial charge in [-0.25, -0.2) is 0 Å². The summed E-state index contributed by atoms with van der Waals surface area (Å²) in [5.74, 6) is 0. The molecule has 1 heterocycles. The molecule has 0 spiro atoms. The van der Waals surface area contributed by atoms with Gasteiger partial charge in [-0.05, 0) is 30.4 Å². The number of aromatic nitrogens is 2. The standard InChI is InChI=1S/C13H12N2/c1-2-5-10(6-3-1)13-12-8-4-7-11(12)9-14-15-13/h1-3,5-6,9H,4,7-8H2. The van der Waals surface area contributed by atoms with Gasteiger partial charge in [-0.2, -0.15) is 10.2 Å². The lowest BCUT2D eigenvalue weighted by Crippen LogP contribution is -1.94. The van der Waals surface area contributed by atoms with E-state index in [-0.39, 0.29) is 0 Å². The molecule has 0 fully saturated rings. The highest BCUT2D eigenvalue weighted by molar-refractivity contribution is 5.64. The zero-order chi connectivity index (χ0) is 10.1. The summed E-state index contributed by atoms with van der Waals surface area (Å²) < 4.78 is 0. The zero-order valence-corrected chi connectivity index (χ0v) is 8.48. The Bertz CT molecular complexity index is 477. The highest BCUT2D eigenvalue weighted by Gasteiger charge is 2.16. The lowest BCUT2D eigenvalue weighted by Gasteiger charge is -2.05. The van der Waals surface area contributed by atoms with Gasteiger partial charge in [0.2, 0.25) is 0 Å². The maximum atomic E-state index is 4.27. The van der Waals surface area contributed by atoms with Crippen LogP contribution in [0.1, 0.15) is 17.5 Å². The van der Waals surface area contributed by atoms with Crippen LogP contribution in [0.3, 0.4) is 0 Å². The van der Waals surface area contributed by atoms with Crippen LogP contribution in [-0.4, -0.2) is 10.2 Å². The molecule has 74 valence electrons. The number of benzene rings is 1. The minimum Gasteiger partial charge on any atom is -0.158 e. The van der Waals surface area contributed by atoms with Crippen LogP contribution in [0.4, 0.5) is 0 Å². The predicted molar refractivity (Wildman–Crippen MR) is 59.5 cm³/mol. The largest absolute Gasteiger partial charge is 0.158 e. The molecule has 2 heteroatoms. The molecule has 0 saturated carbocycles. The van der Waals surface area contributed by atoms with E-state index in [1.807, 2.05) is 24.4 Å². The number of aryl methyl sites for hydroxylation is 1. The quantitative estimate of drug-likeness (QED) is 0.700. The highest BCUT2D eigenvalue weighted by Crippen LogP contribution is 2.29. The Morgan fingerprint density at radius 2 is 1.87 bits per heavy atom. The lowest BCUT2D eigenvalue weighted by atomic mass is 10.0. The van der Waals surface area contributed by atoms with Crippen molar-refractivity contribution in [1.82, 2.24) is 10.2 Å². The molecule has 1 aliphatic rings. The van der Waals surface area contributed by atoms with Gasteiger partial charge in [0.1, 0.15) is 0 Å². The molecule has 0 saturated heterocycles. The average Bonchev–Trinajstić information content (AvgIpc) is 2.78. The van der Waals surface area contributed by atoms with E-state index >= 15 is 0 Å². The van der Waals surface area contributed by atoms with Crippen molar-refractivity contribution in [3.63, 3.8) is 0 Å². The third kappa shape index (κ3) is 1.42. The van der Waals surface area contributed by atoms with Crippen molar-refractivity contribution in [3.05, 3.63) is 47.7 Å². The van der Waals surface area contributed by atoms with Crippen LogP contribution in [0.5, 0.6) is 0 Å². The van der Waals surface area contributed by atoms with E-state index in [2.05, 4.69) is 22.3 Å². The second-order valence-electron chi connectivity index (χ2n) is 3.92. The van der Waals surface area contributed by atoms with E-state index in [4.69, 9.17) is 0 Å². The fraction of sp³-hybridized carbons (Fsp3) is 0.231. The van der Waals surface area contributed by atoms with Crippen molar-refractivity contribution in [2.45, 2.75) is 19.3 Å². The van der Waals surface area contributed by atoms with Crippen molar-refractivity contribution >= 4 is 0 Å². The summed E-state index contributed by atoms with van der Waals surface area (Å²) in [7, 11) is 0. The first-order valence-electron chi connectivity index (χ1n) is 5.34. The van der Waals surface area contributed by atoms with E-state index in [1.54, 1.807) is 0 Å². The Morgan fingerprint density at radius 1 is 1.00 bits per heavy atom. The molecule has 2 nitrogen and oxygen atoms in total. The van der Waals surface area contributed by atoms with E-state index < -0.39 is 0 Å². The average molecular weight is 196 g/mol. The molecule has 0 aliphatic heterocycles. The van der Waals surface area contributed by atoms with Crippen molar-refractivity contribution in [1.29, 1.82) is 0 Å². The molecule has 1 aromatic carbocycles. The first-order valence-corrected chi connectivity index (χ1v) is 5.34. The number of rotatable bonds is 1. The number of hydrogen-bond acceptors (Lipinski definition) is 2. The molecule has 2 aromatic rings. The van der Waals surface area contributed by atoms with Gasteiger partial charge in [0.25, 0.3) is 0 Å². The minimum atomic E-state index is 1.07. The van der Waals surface area contributed by atoms with Gasteiger partial charge in [-0.15, -0.1) is 0 Å². The molecule has 0 radical (unpaired) electrons. The van der Waals surface area contributed by atoms with Crippen LogP contribution in [0.15, 0.2) is 36.5 Å². The third-order valence-corrected chi connectivity index (χ3v) is 2.96. The first kappa shape index (κ1) is 8.60. The SMILES string of the molecule is c1ccc(-c2nncc3c2CCC3)cc1. The minimum absolute atomic E-state index is 1.07. The summed E-state index contributed by atoms with van der Waals surface area (Å²) in [6.45, 7) is 0. The fourth-order valence-electron chi connectivity index (χ4n) is 2.22. The van der Waals surface area contributed by atoms with E-state index in [1.165, 1.54) is 23.1 Å². The molecular formula is C13H12N2. The summed E-state index contributed by atoms with van der Waals surface area (Å²) in [6, 6.07) is 10.3. The molecule has 1 aliphatic carbocycles. The summed E-state index contributed by atoms with van der Waals surface area (Å²) in [5, 5.41) is 8.35. The summed E-state index contributed by atoms with van der Waals surface area (Å²) in [4.78, 5) is 0. The number of nitrogens with zero attached hydrogens (tertiary/aromatic N) is 2. The smallest absolute Gasteiger partial charge is 0.0964 e. The second kappa shape index (κ2) is 3.46. The molecule has 0 unspecified atom stereocenters. The van der Waals surface area contributed by atoms with Gasteiger partial charge >= 0.3 is 0 Å². The Labute approximate surface area is 89.0 Å². The monoisotopic (exact) mass is 196 g/mol. The Hall–Kier alpha value is -1.70. The van der Waals surface area contributed by atoms with Gasteiger partial charge in [0.15, 0.2) is 0 Å². The van der Waals surface area contributed by atoms with E-state index in [9.17, 15) is 0 Å². The molecule has 1 aromatic heterocycles. The molecule has 15 heavy (non-hydrogen) atoms. The first-order chi connectivity index (χ1) is 7.45. The summed E-state index contributed by atoms with van der Waals surface area (Å²) in [6.07, 6.45) is 5.46. The van der Waals surface area contributed by atoms with Crippen molar-refractivity contribution < 1.29 is 0 Å². The Balaban J connectivity index is 2.17. The van der Waals surface area contributed by atoms with Crippen LogP contribution < -0.4 is 0 Å². The highest BCUT2D eigenvalue weighted by atomic mass is 15.1. The molecule has 3 rings (SSSR count). The Morgan fingerprint density at radius 3 is 2.73 bits per heavy atom. The van der Waals surface area contributed by atoms with Crippen molar-refractivity contribution in [3.8, 4) is 11.3 Å². The van der Waals surface area contributed by atoms with Gasteiger partial charge < -0.3 is 0 Å². The Kier molecular flexibility index (Phi) is 1.98. The molecule has 0 atom stereocenters. The topological polar surface area (TPSA) is 25.8 Å². The second-order valence-corrected chi connectivity index (χ2v) is 3.92. The molecule has 0 N–H and O–H groups in total. The predicted octanol–water partition coefficient (Wildman–Crippen LogP) is 2.63. The van der Waals surface area contributed by atoms with E-state index in [0.29, 0.717) is 0 Å². The van der Waals surface area contributed by atoms with E-state index in [0.717, 1.165) is 18.5 Å². The summed E-state index contributed by atoms with van der Waals surface area (Å²) in [5.41, 5.74) is 5.04. The normalized spacial score (nSPS) is 13.9. The summed E-state index contributed by atoms with van der Waals surface area (Å²) >= 11 is 0. The maximum Gasteiger partial charge on any atom is 0.0964 e. The van der Waals surface area contributed by atoms with Crippen LogP contribution in [-0.2, 0) is 12.8 Å².